The van der Waals surface area contributed by atoms with E-state index in [1.807, 2.05) is 24.3 Å². The Balaban J connectivity index is 1.85. The third-order valence-electron chi connectivity index (χ3n) is 5.59. The summed E-state index contributed by atoms with van der Waals surface area (Å²) >= 11 is 0. The highest BCUT2D eigenvalue weighted by Crippen LogP contribution is 2.39. The van der Waals surface area contributed by atoms with Crippen molar-refractivity contribution < 1.29 is 19.1 Å². The van der Waals surface area contributed by atoms with Crippen LogP contribution in [0.2, 0.25) is 0 Å². The van der Waals surface area contributed by atoms with Gasteiger partial charge in [0.1, 0.15) is 18.1 Å². The molecule has 0 radical (unpaired) electrons. The number of amides is 1. The van der Waals surface area contributed by atoms with E-state index in [0.29, 0.717) is 22.8 Å². The van der Waals surface area contributed by atoms with Gasteiger partial charge in [-0.1, -0.05) is 0 Å². The van der Waals surface area contributed by atoms with Gasteiger partial charge in [0.2, 0.25) is 5.91 Å². The average molecular weight is 424 g/mol. The van der Waals surface area contributed by atoms with Crippen molar-refractivity contribution in [1.29, 1.82) is 0 Å². The summed E-state index contributed by atoms with van der Waals surface area (Å²) in [6.45, 7) is 3.67. The summed E-state index contributed by atoms with van der Waals surface area (Å²) in [5.74, 6) is -0.0571. The van der Waals surface area contributed by atoms with E-state index in [1.54, 1.807) is 32.6 Å². The molecule has 1 aromatic carbocycles. The Kier molecular flexibility index (Phi) is 5.26. The standard InChI is InChI=1S/C22H24N4O5/c1-5-31-19(28)11-26-21-20(12(2)24-26)15(10-18(27)23-21)16-8-13-6-7-14(30-4)9-17(13)25(3)22(16)29/h6-9,15H,5,10-11H2,1-4H3,(H,23,27)/t15-/m0/s1. The van der Waals surface area contributed by atoms with E-state index in [0.717, 1.165) is 16.5 Å². The fourth-order valence-corrected chi connectivity index (χ4v) is 4.17. The number of ether oxygens (including phenoxy) is 2. The number of hydrogen-bond acceptors (Lipinski definition) is 6. The van der Waals surface area contributed by atoms with Gasteiger partial charge in [0.05, 0.1) is 24.9 Å². The molecule has 1 aliphatic heterocycles. The number of fused-ring (bicyclic) bond motifs is 2. The zero-order valence-corrected chi connectivity index (χ0v) is 17.9. The number of carbonyl (C=O) groups excluding carboxylic acids is 2. The van der Waals surface area contributed by atoms with Crippen LogP contribution in [0.3, 0.4) is 0 Å². The number of benzene rings is 1. The molecule has 3 heterocycles. The predicted molar refractivity (Wildman–Crippen MR) is 114 cm³/mol. The fourth-order valence-electron chi connectivity index (χ4n) is 4.17. The SMILES string of the molecule is CCOC(=O)Cn1nc(C)c2c1NC(=O)C[C@H]2c1cc2ccc(OC)cc2n(C)c1=O. The van der Waals surface area contributed by atoms with E-state index in [2.05, 4.69) is 10.4 Å². The van der Waals surface area contributed by atoms with Gasteiger partial charge in [0.25, 0.3) is 5.56 Å². The Labute approximate surface area is 178 Å². The maximum atomic E-state index is 13.3. The van der Waals surface area contributed by atoms with Gasteiger partial charge in [0.15, 0.2) is 0 Å². The normalized spacial score (nSPS) is 15.5. The third kappa shape index (κ3) is 3.56. The van der Waals surface area contributed by atoms with Gasteiger partial charge in [0, 0.05) is 36.6 Å². The van der Waals surface area contributed by atoms with Crippen molar-refractivity contribution >= 4 is 28.6 Å². The second-order valence-electron chi connectivity index (χ2n) is 7.50. The number of pyridine rings is 1. The molecule has 0 spiro atoms. The Hall–Kier alpha value is -3.62. The van der Waals surface area contributed by atoms with E-state index in [4.69, 9.17) is 9.47 Å². The summed E-state index contributed by atoms with van der Waals surface area (Å²) in [6, 6.07) is 7.35. The number of rotatable bonds is 5. The molecule has 0 fully saturated rings. The monoisotopic (exact) mass is 424 g/mol. The van der Waals surface area contributed by atoms with Crippen LogP contribution < -0.4 is 15.6 Å². The minimum atomic E-state index is -0.468. The molecule has 1 amide bonds. The van der Waals surface area contributed by atoms with E-state index in [1.165, 1.54) is 4.68 Å². The maximum absolute atomic E-state index is 13.3. The summed E-state index contributed by atoms with van der Waals surface area (Å²) in [6.07, 6.45) is 0.121. The summed E-state index contributed by atoms with van der Waals surface area (Å²) in [4.78, 5) is 37.8. The molecule has 2 aromatic heterocycles. The molecule has 0 saturated carbocycles. The van der Waals surface area contributed by atoms with Crippen LogP contribution >= 0.6 is 0 Å². The first-order chi connectivity index (χ1) is 14.8. The Morgan fingerprint density at radius 2 is 2.06 bits per heavy atom. The summed E-state index contributed by atoms with van der Waals surface area (Å²) in [7, 11) is 3.28. The van der Waals surface area contributed by atoms with Crippen LogP contribution in [0.4, 0.5) is 5.82 Å². The number of nitrogens with zero attached hydrogens (tertiary/aromatic N) is 3. The zero-order valence-electron chi connectivity index (χ0n) is 17.9. The number of carbonyl (C=O) groups is 2. The molecule has 1 aliphatic rings. The molecule has 4 rings (SSSR count). The fraction of sp³-hybridized carbons (Fsp3) is 0.364. The molecule has 3 aromatic rings. The van der Waals surface area contributed by atoms with Gasteiger partial charge < -0.3 is 19.4 Å². The summed E-state index contributed by atoms with van der Waals surface area (Å²) in [5.41, 5.74) is 2.46. The first-order valence-electron chi connectivity index (χ1n) is 10.0. The van der Waals surface area contributed by atoms with Crippen LogP contribution in [0.25, 0.3) is 10.9 Å². The maximum Gasteiger partial charge on any atom is 0.327 e. The largest absolute Gasteiger partial charge is 0.497 e. The second kappa shape index (κ2) is 7.90. The van der Waals surface area contributed by atoms with Gasteiger partial charge in [-0.15, -0.1) is 0 Å². The van der Waals surface area contributed by atoms with Crippen molar-refractivity contribution in [2.75, 3.05) is 19.0 Å². The Bertz CT molecular complexity index is 1260. The number of anilines is 1. The molecule has 0 unspecified atom stereocenters. The van der Waals surface area contributed by atoms with Crippen molar-refractivity contribution in [3.8, 4) is 5.75 Å². The molecule has 31 heavy (non-hydrogen) atoms. The molecule has 9 nitrogen and oxygen atoms in total. The zero-order chi connectivity index (χ0) is 22.3. The number of aromatic nitrogens is 3. The van der Waals surface area contributed by atoms with Crippen LogP contribution in [0.1, 0.15) is 36.1 Å². The van der Waals surface area contributed by atoms with Gasteiger partial charge in [-0.05, 0) is 37.4 Å². The number of esters is 1. The molecule has 0 saturated heterocycles. The van der Waals surface area contributed by atoms with Gasteiger partial charge in [-0.25, -0.2) is 4.68 Å². The molecule has 1 atom stereocenters. The summed E-state index contributed by atoms with van der Waals surface area (Å²) in [5, 5.41) is 8.11. The quantitative estimate of drug-likeness (QED) is 0.629. The second-order valence-corrected chi connectivity index (χ2v) is 7.50. The lowest BCUT2D eigenvalue weighted by Gasteiger charge is -2.24. The average Bonchev–Trinajstić information content (AvgIpc) is 3.04. The lowest BCUT2D eigenvalue weighted by molar-refractivity contribution is -0.144. The molecule has 9 heteroatoms. The molecular weight excluding hydrogens is 400 g/mol. The van der Waals surface area contributed by atoms with E-state index >= 15 is 0 Å². The van der Waals surface area contributed by atoms with Crippen LogP contribution in [0.5, 0.6) is 5.75 Å². The smallest absolute Gasteiger partial charge is 0.327 e. The van der Waals surface area contributed by atoms with Crippen LogP contribution in [-0.4, -0.2) is 39.9 Å². The van der Waals surface area contributed by atoms with Crippen molar-refractivity contribution in [2.45, 2.75) is 32.7 Å². The van der Waals surface area contributed by atoms with Crippen LogP contribution in [-0.2, 0) is 27.9 Å². The van der Waals surface area contributed by atoms with E-state index in [-0.39, 0.29) is 31.0 Å². The molecule has 0 bridgehead atoms. The molecular formula is C22H24N4O5. The van der Waals surface area contributed by atoms with Crippen LogP contribution in [0.15, 0.2) is 29.1 Å². The predicted octanol–water partition coefficient (Wildman–Crippen LogP) is 2.09. The minimum absolute atomic E-state index is 0.119. The number of nitrogens with one attached hydrogen (secondary N) is 1. The minimum Gasteiger partial charge on any atom is -0.497 e. The van der Waals surface area contributed by atoms with Crippen molar-refractivity contribution in [3.63, 3.8) is 0 Å². The lowest BCUT2D eigenvalue weighted by atomic mass is 9.86. The van der Waals surface area contributed by atoms with Gasteiger partial charge >= 0.3 is 5.97 Å². The van der Waals surface area contributed by atoms with Gasteiger partial charge in [-0.2, -0.15) is 5.10 Å². The van der Waals surface area contributed by atoms with E-state index < -0.39 is 11.9 Å². The molecule has 0 aliphatic carbocycles. The number of methoxy groups -OCH3 is 1. The number of aryl methyl sites for hydroxylation is 2. The first-order valence-corrected chi connectivity index (χ1v) is 10.0. The van der Waals surface area contributed by atoms with Crippen LogP contribution in [0, 0.1) is 6.92 Å². The van der Waals surface area contributed by atoms with Crippen molar-refractivity contribution in [3.05, 3.63) is 51.4 Å². The topological polar surface area (TPSA) is 104 Å². The first kappa shape index (κ1) is 20.6. The van der Waals surface area contributed by atoms with Crippen molar-refractivity contribution in [1.82, 2.24) is 14.3 Å². The highest BCUT2D eigenvalue weighted by atomic mass is 16.5. The number of hydrogen-bond donors (Lipinski definition) is 1. The summed E-state index contributed by atoms with van der Waals surface area (Å²) < 4.78 is 13.3. The highest BCUT2D eigenvalue weighted by molar-refractivity contribution is 5.95. The third-order valence-corrected chi connectivity index (χ3v) is 5.59. The van der Waals surface area contributed by atoms with Gasteiger partial charge in [-0.3, -0.25) is 14.4 Å². The molecule has 1 N–H and O–H groups in total. The lowest BCUT2D eigenvalue weighted by Crippen LogP contribution is -2.30. The Morgan fingerprint density at radius 1 is 1.29 bits per heavy atom. The molecule has 162 valence electrons. The Morgan fingerprint density at radius 3 is 2.77 bits per heavy atom. The van der Waals surface area contributed by atoms with E-state index in [9.17, 15) is 14.4 Å². The highest BCUT2D eigenvalue weighted by Gasteiger charge is 2.34. The van der Waals surface area contributed by atoms with Crippen molar-refractivity contribution in [2.24, 2.45) is 7.05 Å².